The number of carbonyl (C=O) groups is 2. The van der Waals surface area contributed by atoms with Gasteiger partial charge in [-0.1, -0.05) is 71.8 Å². The lowest BCUT2D eigenvalue weighted by molar-refractivity contribution is -0.140. The van der Waals surface area contributed by atoms with E-state index in [1.165, 1.54) is 16.7 Å². The third-order valence-corrected chi connectivity index (χ3v) is 9.92. The number of nitrogens with zero attached hydrogens (tertiary/aromatic N) is 2. The average molecular weight is 650 g/mol. The molecule has 10 heteroatoms. The van der Waals surface area contributed by atoms with E-state index in [4.69, 9.17) is 11.6 Å². The van der Waals surface area contributed by atoms with Crippen LogP contribution in [0.5, 0.6) is 0 Å². The quantitative estimate of drug-likeness (QED) is 0.171. The smallest absolute Gasteiger partial charge is 0.264 e. The topological polar surface area (TPSA) is 86.8 Å². The van der Waals surface area contributed by atoms with Crippen molar-refractivity contribution in [3.05, 3.63) is 125 Å². The minimum atomic E-state index is -4.16. The molecule has 4 aromatic carbocycles. The fraction of sp³-hybridized carbons (Fsp3) is 0.235. The van der Waals surface area contributed by atoms with Crippen LogP contribution in [0.25, 0.3) is 0 Å². The summed E-state index contributed by atoms with van der Waals surface area (Å²) in [5.41, 5.74) is 2.92. The molecule has 0 heterocycles. The second-order valence-electron chi connectivity index (χ2n) is 10.3. The van der Waals surface area contributed by atoms with Gasteiger partial charge in [0.2, 0.25) is 11.8 Å². The highest BCUT2D eigenvalue weighted by atomic mass is 35.5. The molecule has 1 N–H and O–H groups in total. The molecule has 2 amide bonds. The molecule has 0 saturated carbocycles. The molecule has 0 aliphatic heterocycles. The molecular weight excluding hydrogens is 614 g/mol. The third kappa shape index (κ3) is 8.43. The van der Waals surface area contributed by atoms with Gasteiger partial charge in [-0.25, -0.2) is 8.42 Å². The summed E-state index contributed by atoms with van der Waals surface area (Å²) in [6.07, 6.45) is 2.16. The standard InChI is InChI=1S/C34H36ClN3O4S2/c1-4-36-34(40)32(22-26-8-6-5-7-9-26)37(23-27-12-14-28(35)15-13-27)33(39)24-38(29-16-10-25(2)11-17-29)44(41,42)31-20-18-30(43-3)19-21-31/h5-21,32H,4,22-24H2,1-3H3,(H,36,40). The van der Waals surface area contributed by atoms with Crippen molar-refractivity contribution in [1.82, 2.24) is 10.2 Å². The predicted octanol–water partition coefficient (Wildman–Crippen LogP) is 6.34. The molecule has 1 atom stereocenters. The van der Waals surface area contributed by atoms with E-state index in [-0.39, 0.29) is 23.8 Å². The minimum Gasteiger partial charge on any atom is -0.355 e. The van der Waals surface area contributed by atoms with Crippen molar-refractivity contribution in [2.24, 2.45) is 0 Å². The summed E-state index contributed by atoms with van der Waals surface area (Å²) >= 11 is 7.63. The number of halogens is 1. The van der Waals surface area contributed by atoms with E-state index in [1.807, 2.05) is 50.4 Å². The third-order valence-electron chi connectivity index (χ3n) is 7.14. The Kier molecular flexibility index (Phi) is 11.5. The van der Waals surface area contributed by atoms with E-state index in [0.717, 1.165) is 25.9 Å². The highest BCUT2D eigenvalue weighted by Gasteiger charge is 2.34. The van der Waals surface area contributed by atoms with Gasteiger partial charge in [0.1, 0.15) is 12.6 Å². The molecule has 0 aromatic heterocycles. The zero-order chi connectivity index (χ0) is 31.7. The highest BCUT2D eigenvalue weighted by Crippen LogP contribution is 2.27. The van der Waals surface area contributed by atoms with Gasteiger partial charge in [0.25, 0.3) is 10.0 Å². The summed E-state index contributed by atoms with van der Waals surface area (Å²) in [4.78, 5) is 30.4. The Bertz CT molecular complexity index is 1650. The van der Waals surface area contributed by atoms with E-state index in [1.54, 1.807) is 72.8 Å². The van der Waals surface area contributed by atoms with Crippen LogP contribution in [0, 0.1) is 6.92 Å². The monoisotopic (exact) mass is 649 g/mol. The number of rotatable bonds is 13. The number of thioether (sulfide) groups is 1. The number of likely N-dealkylation sites (N-methyl/N-ethyl adjacent to an activating group) is 1. The molecular formula is C34H36ClN3O4S2. The maximum atomic E-state index is 14.4. The molecule has 0 fully saturated rings. The fourth-order valence-electron chi connectivity index (χ4n) is 4.75. The van der Waals surface area contributed by atoms with Crippen molar-refractivity contribution in [1.29, 1.82) is 0 Å². The number of anilines is 1. The zero-order valence-corrected chi connectivity index (χ0v) is 27.3. The van der Waals surface area contributed by atoms with Crippen LogP contribution in [0.2, 0.25) is 5.02 Å². The van der Waals surface area contributed by atoms with Crippen LogP contribution in [0.3, 0.4) is 0 Å². The lowest BCUT2D eigenvalue weighted by atomic mass is 10.0. The number of nitrogens with one attached hydrogen (secondary N) is 1. The molecule has 7 nitrogen and oxygen atoms in total. The normalized spacial score (nSPS) is 11.9. The fourth-order valence-corrected chi connectivity index (χ4v) is 6.70. The highest BCUT2D eigenvalue weighted by molar-refractivity contribution is 7.98. The lowest BCUT2D eigenvalue weighted by Crippen LogP contribution is -2.53. The molecule has 0 saturated heterocycles. The lowest BCUT2D eigenvalue weighted by Gasteiger charge is -2.34. The molecule has 1 unspecified atom stereocenters. The zero-order valence-electron chi connectivity index (χ0n) is 24.9. The molecule has 44 heavy (non-hydrogen) atoms. The van der Waals surface area contributed by atoms with Gasteiger partial charge >= 0.3 is 0 Å². The van der Waals surface area contributed by atoms with Gasteiger partial charge in [0.15, 0.2) is 0 Å². The first-order chi connectivity index (χ1) is 21.1. The van der Waals surface area contributed by atoms with E-state index in [2.05, 4.69) is 5.32 Å². The van der Waals surface area contributed by atoms with Crippen LogP contribution in [-0.2, 0) is 32.6 Å². The Hall–Kier alpha value is -3.79. The van der Waals surface area contributed by atoms with Gasteiger partial charge in [-0.15, -0.1) is 11.8 Å². The van der Waals surface area contributed by atoms with E-state index in [9.17, 15) is 18.0 Å². The predicted molar refractivity (Wildman–Crippen MR) is 179 cm³/mol. The number of hydrogen-bond donors (Lipinski definition) is 1. The van der Waals surface area contributed by atoms with Crippen LogP contribution in [0.1, 0.15) is 23.6 Å². The SMILES string of the molecule is CCNC(=O)C(Cc1ccccc1)N(Cc1ccc(Cl)cc1)C(=O)CN(c1ccc(C)cc1)S(=O)(=O)c1ccc(SC)cc1. The van der Waals surface area contributed by atoms with Crippen LogP contribution in [-0.4, -0.2) is 50.5 Å². The minimum absolute atomic E-state index is 0.0671. The maximum absolute atomic E-state index is 14.4. The number of hydrogen-bond acceptors (Lipinski definition) is 5. The first kappa shape index (κ1) is 33.1. The maximum Gasteiger partial charge on any atom is 0.264 e. The van der Waals surface area contributed by atoms with Crippen LogP contribution in [0.15, 0.2) is 113 Å². The van der Waals surface area contributed by atoms with Crippen molar-refractivity contribution in [2.75, 3.05) is 23.7 Å². The molecule has 0 bridgehead atoms. The number of aryl methyl sites for hydroxylation is 1. The molecule has 0 radical (unpaired) electrons. The van der Waals surface area contributed by atoms with Crippen molar-refractivity contribution < 1.29 is 18.0 Å². The number of carbonyl (C=O) groups excluding carboxylic acids is 2. The van der Waals surface area contributed by atoms with Crippen molar-refractivity contribution in [2.45, 2.75) is 42.6 Å². The van der Waals surface area contributed by atoms with Gasteiger partial charge in [-0.3, -0.25) is 13.9 Å². The summed E-state index contributed by atoms with van der Waals surface area (Å²) in [5.74, 6) is -0.840. The Balaban J connectivity index is 1.78. The Morgan fingerprint density at radius 1 is 0.864 bits per heavy atom. The Morgan fingerprint density at radius 2 is 1.50 bits per heavy atom. The van der Waals surface area contributed by atoms with Crippen molar-refractivity contribution in [3.63, 3.8) is 0 Å². The Labute approximate surface area is 269 Å². The second kappa shape index (κ2) is 15.3. The molecule has 230 valence electrons. The first-order valence-corrected chi connectivity index (χ1v) is 17.3. The van der Waals surface area contributed by atoms with E-state index in [0.29, 0.717) is 17.3 Å². The summed E-state index contributed by atoms with van der Waals surface area (Å²) in [7, 11) is -4.16. The first-order valence-electron chi connectivity index (χ1n) is 14.2. The second-order valence-corrected chi connectivity index (χ2v) is 13.4. The van der Waals surface area contributed by atoms with Gasteiger partial charge in [-0.05, 0) is 79.8 Å². The summed E-state index contributed by atoms with van der Waals surface area (Å²) < 4.78 is 29.4. The number of sulfonamides is 1. The van der Waals surface area contributed by atoms with Crippen molar-refractivity contribution in [3.8, 4) is 0 Å². The molecule has 0 spiro atoms. The van der Waals surface area contributed by atoms with Crippen LogP contribution >= 0.6 is 23.4 Å². The molecule has 4 rings (SSSR count). The summed E-state index contributed by atoms with van der Waals surface area (Å²) in [5, 5.41) is 3.41. The number of amides is 2. The van der Waals surface area contributed by atoms with Crippen LogP contribution in [0.4, 0.5) is 5.69 Å². The Morgan fingerprint density at radius 3 is 2.09 bits per heavy atom. The van der Waals surface area contributed by atoms with E-state index >= 15 is 0 Å². The van der Waals surface area contributed by atoms with Gasteiger partial charge in [0, 0.05) is 29.4 Å². The summed E-state index contributed by atoms with van der Waals surface area (Å²) in [6, 6.07) is 29.1. The summed E-state index contributed by atoms with van der Waals surface area (Å²) in [6.45, 7) is 3.67. The van der Waals surface area contributed by atoms with E-state index < -0.39 is 28.5 Å². The average Bonchev–Trinajstić information content (AvgIpc) is 3.03. The van der Waals surface area contributed by atoms with Crippen molar-refractivity contribution >= 4 is 50.9 Å². The number of benzene rings is 4. The largest absolute Gasteiger partial charge is 0.355 e. The van der Waals surface area contributed by atoms with Gasteiger partial charge in [0.05, 0.1) is 10.6 Å². The van der Waals surface area contributed by atoms with Gasteiger partial charge in [-0.2, -0.15) is 0 Å². The van der Waals surface area contributed by atoms with Crippen LogP contribution < -0.4 is 9.62 Å². The molecule has 4 aromatic rings. The molecule has 0 aliphatic carbocycles. The van der Waals surface area contributed by atoms with Gasteiger partial charge < -0.3 is 10.2 Å². The molecule has 0 aliphatic rings.